The van der Waals surface area contributed by atoms with Crippen LogP contribution in [0.3, 0.4) is 0 Å². The van der Waals surface area contributed by atoms with Crippen LogP contribution in [0.4, 0.5) is 5.69 Å². The topological polar surface area (TPSA) is 62.3 Å². The second kappa shape index (κ2) is 11.4. The molecule has 4 rings (SSSR count). The zero-order valence-corrected chi connectivity index (χ0v) is 20.0. The molecule has 0 aliphatic rings. The SMILES string of the molecule is CCCCOc1ccc(-c2cn(-c3ccc(Oc4ccc(N)cc4)cc3)c(CCCC)n2)cc1. The van der Waals surface area contributed by atoms with Crippen molar-refractivity contribution in [2.45, 2.75) is 46.0 Å². The Balaban J connectivity index is 1.54. The van der Waals surface area contributed by atoms with E-state index >= 15 is 0 Å². The molecular weight excluding hydrogens is 422 g/mol. The van der Waals surface area contributed by atoms with Crippen LogP contribution in [0.15, 0.2) is 79.0 Å². The van der Waals surface area contributed by atoms with Crippen molar-refractivity contribution in [3.63, 3.8) is 0 Å². The molecule has 1 aromatic heterocycles. The minimum Gasteiger partial charge on any atom is -0.494 e. The van der Waals surface area contributed by atoms with Gasteiger partial charge in [0.2, 0.25) is 0 Å². The number of benzene rings is 3. The standard InChI is InChI=1S/C29H33N3O2/c1-3-5-7-29-31-28(22-8-14-25(15-9-22)33-20-6-4-2)21-32(29)24-12-18-27(19-13-24)34-26-16-10-23(30)11-17-26/h8-19,21H,3-7,20,30H2,1-2H3. The Morgan fingerprint density at radius 2 is 1.38 bits per heavy atom. The van der Waals surface area contributed by atoms with Gasteiger partial charge in [0, 0.05) is 29.6 Å². The van der Waals surface area contributed by atoms with Crippen molar-refractivity contribution in [2.24, 2.45) is 0 Å². The predicted octanol–water partition coefficient (Wildman–Crippen LogP) is 7.44. The zero-order chi connectivity index (χ0) is 23.8. The highest BCUT2D eigenvalue weighted by atomic mass is 16.5. The fourth-order valence-corrected chi connectivity index (χ4v) is 3.70. The minimum absolute atomic E-state index is 0.719. The molecule has 5 nitrogen and oxygen atoms in total. The summed E-state index contributed by atoms with van der Waals surface area (Å²) in [6.45, 7) is 5.12. The average molecular weight is 456 g/mol. The van der Waals surface area contributed by atoms with E-state index in [0.29, 0.717) is 0 Å². The third kappa shape index (κ3) is 5.98. The Hall–Kier alpha value is -3.73. The predicted molar refractivity (Wildman–Crippen MR) is 139 cm³/mol. The fraction of sp³-hybridized carbons (Fsp3) is 0.276. The largest absolute Gasteiger partial charge is 0.494 e. The van der Waals surface area contributed by atoms with Crippen LogP contribution in [-0.4, -0.2) is 16.2 Å². The van der Waals surface area contributed by atoms with Crippen LogP contribution in [0.2, 0.25) is 0 Å². The fourth-order valence-electron chi connectivity index (χ4n) is 3.70. The maximum absolute atomic E-state index is 5.95. The van der Waals surface area contributed by atoms with E-state index in [1.165, 1.54) is 0 Å². The number of rotatable bonds is 11. The van der Waals surface area contributed by atoms with Crippen LogP contribution in [0, 0.1) is 0 Å². The molecule has 0 atom stereocenters. The first-order valence-electron chi connectivity index (χ1n) is 12.1. The quantitative estimate of drug-likeness (QED) is 0.189. The molecule has 0 bridgehead atoms. The molecular formula is C29H33N3O2. The lowest BCUT2D eigenvalue weighted by Gasteiger charge is -2.10. The number of aryl methyl sites for hydroxylation is 1. The highest BCUT2D eigenvalue weighted by Crippen LogP contribution is 2.27. The normalized spacial score (nSPS) is 10.9. The van der Waals surface area contributed by atoms with Crippen molar-refractivity contribution in [1.29, 1.82) is 0 Å². The summed E-state index contributed by atoms with van der Waals surface area (Å²) < 4.78 is 13.9. The summed E-state index contributed by atoms with van der Waals surface area (Å²) in [6.07, 6.45) is 7.47. The summed E-state index contributed by atoms with van der Waals surface area (Å²) in [5, 5.41) is 0. The molecule has 5 heteroatoms. The molecule has 4 aromatic rings. The lowest BCUT2D eigenvalue weighted by molar-refractivity contribution is 0.309. The van der Waals surface area contributed by atoms with E-state index in [9.17, 15) is 0 Å². The molecule has 0 radical (unpaired) electrons. The van der Waals surface area contributed by atoms with E-state index in [2.05, 4.69) is 48.9 Å². The van der Waals surface area contributed by atoms with Gasteiger partial charge in [-0.05, 0) is 85.6 Å². The van der Waals surface area contributed by atoms with E-state index < -0.39 is 0 Å². The number of imidazole rings is 1. The zero-order valence-electron chi connectivity index (χ0n) is 20.0. The van der Waals surface area contributed by atoms with Gasteiger partial charge in [-0.25, -0.2) is 4.98 Å². The van der Waals surface area contributed by atoms with E-state index in [1.807, 2.05) is 48.5 Å². The lowest BCUT2D eigenvalue weighted by Crippen LogP contribution is -2.00. The van der Waals surface area contributed by atoms with Gasteiger partial charge in [-0.2, -0.15) is 0 Å². The summed E-state index contributed by atoms with van der Waals surface area (Å²) in [5.74, 6) is 3.51. The number of anilines is 1. The number of nitrogens with two attached hydrogens (primary N) is 1. The maximum atomic E-state index is 5.95. The molecule has 0 saturated heterocycles. The first-order chi connectivity index (χ1) is 16.7. The molecule has 0 amide bonds. The third-order valence-corrected chi connectivity index (χ3v) is 5.68. The van der Waals surface area contributed by atoms with Crippen LogP contribution in [-0.2, 0) is 6.42 Å². The highest BCUT2D eigenvalue weighted by molar-refractivity contribution is 5.61. The first kappa shape index (κ1) is 23.4. The molecule has 0 fully saturated rings. The minimum atomic E-state index is 0.719. The van der Waals surface area contributed by atoms with Gasteiger partial charge in [0.05, 0.1) is 12.3 Å². The van der Waals surface area contributed by atoms with Crippen LogP contribution < -0.4 is 15.2 Å². The van der Waals surface area contributed by atoms with Crippen molar-refractivity contribution < 1.29 is 9.47 Å². The van der Waals surface area contributed by atoms with Crippen molar-refractivity contribution in [3.8, 4) is 34.2 Å². The number of unbranched alkanes of at least 4 members (excludes halogenated alkanes) is 2. The van der Waals surface area contributed by atoms with Gasteiger partial charge in [-0.15, -0.1) is 0 Å². The van der Waals surface area contributed by atoms with Crippen LogP contribution >= 0.6 is 0 Å². The molecule has 0 unspecified atom stereocenters. The van der Waals surface area contributed by atoms with Gasteiger partial charge >= 0.3 is 0 Å². The molecule has 34 heavy (non-hydrogen) atoms. The van der Waals surface area contributed by atoms with Crippen LogP contribution in [0.25, 0.3) is 16.9 Å². The molecule has 0 spiro atoms. The van der Waals surface area contributed by atoms with Gasteiger partial charge in [0.15, 0.2) is 0 Å². The van der Waals surface area contributed by atoms with Gasteiger partial charge in [-0.1, -0.05) is 26.7 Å². The van der Waals surface area contributed by atoms with Gasteiger partial charge < -0.3 is 19.8 Å². The second-order valence-corrected chi connectivity index (χ2v) is 8.41. The summed E-state index contributed by atoms with van der Waals surface area (Å²) in [5.41, 5.74) is 9.59. The highest BCUT2D eigenvalue weighted by Gasteiger charge is 2.12. The van der Waals surface area contributed by atoms with Crippen molar-refractivity contribution >= 4 is 5.69 Å². The van der Waals surface area contributed by atoms with E-state index in [-0.39, 0.29) is 0 Å². The van der Waals surface area contributed by atoms with Crippen LogP contribution in [0.1, 0.15) is 45.4 Å². The number of hydrogen-bond acceptors (Lipinski definition) is 4. The summed E-state index contributed by atoms with van der Waals surface area (Å²) in [6, 6.07) is 23.7. The average Bonchev–Trinajstić information content (AvgIpc) is 3.29. The Kier molecular flexibility index (Phi) is 7.87. The number of ether oxygens (including phenoxy) is 2. The molecule has 0 aliphatic carbocycles. The Labute approximate surface area is 202 Å². The first-order valence-corrected chi connectivity index (χ1v) is 12.1. The molecule has 0 saturated carbocycles. The molecule has 176 valence electrons. The monoisotopic (exact) mass is 455 g/mol. The second-order valence-electron chi connectivity index (χ2n) is 8.41. The molecule has 2 N–H and O–H groups in total. The summed E-state index contributed by atoms with van der Waals surface area (Å²) in [4.78, 5) is 4.98. The maximum Gasteiger partial charge on any atom is 0.127 e. The van der Waals surface area contributed by atoms with Crippen LogP contribution in [0.5, 0.6) is 17.2 Å². The Morgan fingerprint density at radius 1 is 0.765 bits per heavy atom. The number of hydrogen-bond donors (Lipinski definition) is 1. The van der Waals surface area contributed by atoms with Crippen molar-refractivity contribution in [2.75, 3.05) is 12.3 Å². The smallest absolute Gasteiger partial charge is 0.127 e. The summed E-state index contributed by atoms with van der Waals surface area (Å²) in [7, 11) is 0. The molecule has 3 aromatic carbocycles. The van der Waals surface area contributed by atoms with E-state index in [4.69, 9.17) is 20.2 Å². The van der Waals surface area contributed by atoms with E-state index in [1.54, 1.807) is 0 Å². The van der Waals surface area contributed by atoms with Gasteiger partial charge in [0.1, 0.15) is 23.1 Å². The molecule has 0 aliphatic heterocycles. The third-order valence-electron chi connectivity index (χ3n) is 5.68. The van der Waals surface area contributed by atoms with E-state index in [0.717, 1.165) is 84.4 Å². The Morgan fingerprint density at radius 3 is 2.03 bits per heavy atom. The van der Waals surface area contributed by atoms with Crippen molar-refractivity contribution in [1.82, 2.24) is 9.55 Å². The number of nitrogen functional groups attached to an aromatic ring is 1. The number of aromatic nitrogens is 2. The van der Waals surface area contributed by atoms with Gasteiger partial charge in [-0.3, -0.25) is 0 Å². The molecule has 1 heterocycles. The van der Waals surface area contributed by atoms with Crippen molar-refractivity contribution in [3.05, 3.63) is 84.8 Å². The lowest BCUT2D eigenvalue weighted by atomic mass is 10.1. The Bertz CT molecular complexity index is 1160. The summed E-state index contributed by atoms with van der Waals surface area (Å²) >= 11 is 0. The van der Waals surface area contributed by atoms with Gasteiger partial charge in [0.25, 0.3) is 0 Å². The number of nitrogens with zero attached hydrogens (tertiary/aromatic N) is 2.